The molecule has 0 aromatic rings. The number of carbonyl (C=O) groups is 3. The number of aliphatic hydroxyl groups excluding tert-OH is 1. The van der Waals surface area contributed by atoms with E-state index in [9.17, 15) is 19.5 Å². The third-order valence-corrected chi connectivity index (χ3v) is 13.5. The number of ketones is 2. The summed E-state index contributed by atoms with van der Waals surface area (Å²) in [6, 6.07) is 0. The van der Waals surface area contributed by atoms with Crippen LogP contribution in [0.25, 0.3) is 0 Å². The third kappa shape index (κ3) is 6.97. The Labute approximate surface area is 288 Å². The number of esters is 1. The van der Waals surface area contributed by atoms with E-state index in [0.29, 0.717) is 51.4 Å². The number of unbranched alkanes of at least 4 members (excludes halogenated alkanes) is 10. The zero-order valence-electron chi connectivity index (χ0n) is 30.5. The highest BCUT2D eigenvalue weighted by atomic mass is 19.1. The summed E-state index contributed by atoms with van der Waals surface area (Å²) in [5.41, 5.74) is -3.19. The van der Waals surface area contributed by atoms with Crippen LogP contribution in [0, 0.1) is 22.7 Å². The molecule has 7 nitrogen and oxygen atoms in total. The van der Waals surface area contributed by atoms with Crippen molar-refractivity contribution in [2.24, 2.45) is 22.7 Å². The Kier molecular flexibility index (Phi) is 11.7. The summed E-state index contributed by atoms with van der Waals surface area (Å²) in [6.07, 6.45) is 16.8. The van der Waals surface area contributed by atoms with E-state index in [2.05, 4.69) is 13.8 Å². The molecular weight excluding hydrogens is 611 g/mol. The summed E-state index contributed by atoms with van der Waals surface area (Å²) in [5.74, 6) is -2.70. The van der Waals surface area contributed by atoms with Gasteiger partial charge >= 0.3 is 5.97 Å². The van der Waals surface area contributed by atoms with Crippen molar-refractivity contribution >= 4 is 17.5 Å². The molecule has 1 heterocycles. The monoisotopic (exact) mass is 674 g/mol. The number of hydrogen-bond donors (Lipinski definition) is 1. The molecule has 5 aliphatic rings. The number of carbonyl (C=O) groups excluding carboxylic acids is 3. The average molecular weight is 675 g/mol. The van der Waals surface area contributed by atoms with E-state index < -0.39 is 52.7 Å². The van der Waals surface area contributed by atoms with Gasteiger partial charge in [-0.05, 0) is 83.1 Å². The van der Waals surface area contributed by atoms with Crippen LogP contribution in [0.2, 0.25) is 0 Å². The second-order valence-electron chi connectivity index (χ2n) is 16.8. The van der Waals surface area contributed by atoms with Crippen molar-refractivity contribution in [2.75, 3.05) is 6.61 Å². The Morgan fingerprint density at radius 2 is 1.48 bits per heavy atom. The lowest BCUT2D eigenvalue weighted by Crippen LogP contribution is -2.65. The van der Waals surface area contributed by atoms with Crippen LogP contribution in [0.4, 0.5) is 4.39 Å². The van der Waals surface area contributed by atoms with Crippen molar-refractivity contribution in [2.45, 2.75) is 192 Å². The Balaban J connectivity index is 1.22. The van der Waals surface area contributed by atoms with E-state index in [-0.39, 0.29) is 29.8 Å². The quantitative estimate of drug-likeness (QED) is 0.154. The van der Waals surface area contributed by atoms with Crippen LogP contribution in [-0.4, -0.2) is 58.5 Å². The molecule has 4 aliphatic carbocycles. The number of fused-ring (bicyclic) bond motifs is 6. The molecule has 5 rings (SSSR count). The number of rotatable bonds is 13. The van der Waals surface area contributed by atoms with Crippen molar-refractivity contribution < 1.29 is 38.1 Å². The number of allylic oxidation sites excluding steroid dienone is 1. The summed E-state index contributed by atoms with van der Waals surface area (Å²) in [7, 11) is 0. The van der Waals surface area contributed by atoms with E-state index in [1.54, 1.807) is 19.9 Å². The molecule has 48 heavy (non-hydrogen) atoms. The Hall–Kier alpha value is -1.64. The number of hydrogen-bond acceptors (Lipinski definition) is 7. The standard InChI is InChI=1S/C40H63FO7/c1-6-7-8-9-10-11-12-13-14-15-16-17-32(43)34-35(45)46-27-33(44)40(48-36(2,3)47-34)23-21-30-31-19-18-28-26-29(42)20-22-37(28,4)39(31,41)25-24-38(30,40)5/h26,30-32,34,43H,6-25,27H2,1-5H3/t30-,31-,32?,34?,37-,38-,39+,40-/m0/s1. The van der Waals surface area contributed by atoms with E-state index in [0.717, 1.165) is 24.8 Å². The van der Waals surface area contributed by atoms with Gasteiger partial charge in [-0.15, -0.1) is 0 Å². The first-order valence-electron chi connectivity index (χ1n) is 19.4. The summed E-state index contributed by atoms with van der Waals surface area (Å²) in [5, 5.41) is 11.1. The molecule has 8 heteroatoms. The summed E-state index contributed by atoms with van der Waals surface area (Å²) < 4.78 is 36.2. The number of ether oxygens (including phenoxy) is 3. The van der Waals surface area contributed by atoms with Gasteiger partial charge in [0.2, 0.25) is 5.78 Å². The van der Waals surface area contributed by atoms with E-state index in [4.69, 9.17) is 14.2 Å². The van der Waals surface area contributed by atoms with Gasteiger partial charge in [0, 0.05) is 17.3 Å². The Morgan fingerprint density at radius 3 is 2.15 bits per heavy atom. The minimum absolute atomic E-state index is 0.0913. The summed E-state index contributed by atoms with van der Waals surface area (Å²) in [6.45, 7) is 9.26. The molecule has 8 atom stereocenters. The highest BCUT2D eigenvalue weighted by molar-refractivity contribution is 5.92. The fourth-order valence-electron chi connectivity index (χ4n) is 10.7. The van der Waals surface area contributed by atoms with Crippen LogP contribution < -0.4 is 0 Å². The first-order chi connectivity index (χ1) is 22.7. The SMILES string of the molecule is CCCCCCCCCCCCCC(O)C1OC(C)(C)O[C@@]2(CC[C@H]3[C@@H]4CCC5=CC(=O)CC[C@]5(C)[C@@]4(F)CC[C@@]32C)C(=O)COC1=O. The van der Waals surface area contributed by atoms with Gasteiger partial charge in [-0.3, -0.25) is 9.59 Å². The zero-order valence-corrected chi connectivity index (χ0v) is 30.5. The van der Waals surface area contributed by atoms with Crippen molar-refractivity contribution in [3.8, 4) is 0 Å². The second kappa shape index (κ2) is 14.9. The minimum atomic E-state index is -1.46. The number of Topliss-reactive ketones (excluding diaryl/α,β-unsaturated/α-hetero) is 1. The van der Waals surface area contributed by atoms with Crippen molar-refractivity contribution in [3.63, 3.8) is 0 Å². The minimum Gasteiger partial charge on any atom is -0.456 e. The molecule has 0 aromatic heterocycles. The van der Waals surface area contributed by atoms with Gasteiger partial charge in [0.25, 0.3) is 0 Å². The maximum absolute atomic E-state index is 17.5. The largest absolute Gasteiger partial charge is 0.456 e. The number of aliphatic hydroxyl groups is 1. The van der Waals surface area contributed by atoms with E-state index in [1.807, 2.05) is 6.92 Å². The fourth-order valence-corrected chi connectivity index (χ4v) is 10.7. The molecule has 2 unspecified atom stereocenters. The molecular formula is C40H63FO7. The van der Waals surface area contributed by atoms with Gasteiger partial charge in [-0.1, -0.05) is 97.0 Å². The predicted molar refractivity (Wildman–Crippen MR) is 183 cm³/mol. The smallest absolute Gasteiger partial charge is 0.338 e. The van der Waals surface area contributed by atoms with Crippen molar-refractivity contribution in [3.05, 3.63) is 11.6 Å². The maximum atomic E-state index is 17.5. The molecule has 0 aromatic carbocycles. The molecule has 1 N–H and O–H groups in total. The number of alkyl halides is 1. The lowest BCUT2D eigenvalue weighted by molar-refractivity contribution is -0.307. The predicted octanol–water partition coefficient (Wildman–Crippen LogP) is 8.68. The number of halogens is 1. The normalized spacial score (nSPS) is 38.6. The summed E-state index contributed by atoms with van der Waals surface area (Å²) >= 11 is 0. The van der Waals surface area contributed by atoms with Gasteiger partial charge < -0.3 is 19.3 Å². The fraction of sp³-hybridized carbons (Fsp3) is 0.875. The topological polar surface area (TPSA) is 99.1 Å². The molecule has 3 saturated carbocycles. The lowest BCUT2D eigenvalue weighted by atomic mass is 9.44. The summed E-state index contributed by atoms with van der Waals surface area (Å²) in [4.78, 5) is 39.8. The van der Waals surface area contributed by atoms with Gasteiger partial charge in [0.15, 0.2) is 24.3 Å². The first-order valence-corrected chi connectivity index (χ1v) is 19.4. The third-order valence-electron chi connectivity index (χ3n) is 13.5. The lowest BCUT2D eigenvalue weighted by Gasteiger charge is -2.62. The van der Waals surface area contributed by atoms with Crippen LogP contribution in [0.5, 0.6) is 0 Å². The van der Waals surface area contributed by atoms with Crippen LogP contribution in [0.1, 0.15) is 163 Å². The van der Waals surface area contributed by atoms with Crippen molar-refractivity contribution in [1.29, 1.82) is 0 Å². The molecule has 272 valence electrons. The highest BCUT2D eigenvalue weighted by Gasteiger charge is 2.73. The Morgan fingerprint density at radius 1 is 0.833 bits per heavy atom. The first kappa shape index (κ1) is 37.6. The second-order valence-corrected chi connectivity index (χ2v) is 16.8. The van der Waals surface area contributed by atoms with Gasteiger partial charge in [-0.2, -0.15) is 0 Å². The van der Waals surface area contributed by atoms with Crippen LogP contribution in [0.15, 0.2) is 11.6 Å². The van der Waals surface area contributed by atoms with Gasteiger partial charge in [-0.25, -0.2) is 9.18 Å². The van der Waals surface area contributed by atoms with Gasteiger partial charge in [0.1, 0.15) is 11.3 Å². The van der Waals surface area contributed by atoms with E-state index in [1.165, 1.54) is 51.4 Å². The van der Waals surface area contributed by atoms with Crippen LogP contribution >= 0.6 is 0 Å². The molecule has 1 saturated heterocycles. The molecule has 0 amide bonds. The van der Waals surface area contributed by atoms with Gasteiger partial charge in [0.05, 0.1) is 6.10 Å². The molecule has 1 aliphatic heterocycles. The highest BCUT2D eigenvalue weighted by Crippen LogP contribution is 2.71. The molecule has 0 radical (unpaired) electrons. The Bertz CT molecular complexity index is 1210. The molecule has 4 fully saturated rings. The average Bonchev–Trinajstić information content (AvgIpc) is 3.34. The zero-order chi connectivity index (χ0) is 34.8. The number of cyclic esters (lactones) is 1. The molecule has 0 bridgehead atoms. The van der Waals surface area contributed by atoms with Crippen LogP contribution in [0.3, 0.4) is 0 Å². The maximum Gasteiger partial charge on any atom is 0.338 e. The van der Waals surface area contributed by atoms with Crippen LogP contribution in [-0.2, 0) is 28.6 Å². The van der Waals surface area contributed by atoms with Crippen molar-refractivity contribution in [1.82, 2.24) is 0 Å². The molecule has 1 spiro atoms. The van der Waals surface area contributed by atoms with E-state index >= 15 is 4.39 Å².